The number of halogens is 2. The molecule has 0 bridgehead atoms. The standard InChI is InChI=1S/C16H23BrFN/c1-19-16(10-7-12-5-3-2-4-6-12)13-8-9-15(18)14(17)11-13/h8-9,11-12,16,19H,2-7,10H2,1H3. The molecule has 1 aromatic carbocycles. The van der Waals surface area contributed by atoms with Crippen LogP contribution in [0.4, 0.5) is 4.39 Å². The van der Waals surface area contributed by atoms with Gasteiger partial charge in [-0.3, -0.25) is 0 Å². The Morgan fingerprint density at radius 3 is 2.68 bits per heavy atom. The molecule has 106 valence electrons. The Labute approximate surface area is 124 Å². The van der Waals surface area contributed by atoms with E-state index < -0.39 is 0 Å². The molecule has 1 saturated carbocycles. The summed E-state index contributed by atoms with van der Waals surface area (Å²) >= 11 is 3.27. The molecule has 0 amide bonds. The third-order valence-electron chi connectivity index (χ3n) is 4.28. The lowest BCUT2D eigenvalue weighted by Gasteiger charge is -2.24. The average Bonchev–Trinajstić information content (AvgIpc) is 2.44. The maximum Gasteiger partial charge on any atom is 0.137 e. The topological polar surface area (TPSA) is 12.0 Å². The summed E-state index contributed by atoms with van der Waals surface area (Å²) in [5.41, 5.74) is 1.17. The summed E-state index contributed by atoms with van der Waals surface area (Å²) in [7, 11) is 1.99. The van der Waals surface area contributed by atoms with Crippen molar-refractivity contribution in [3.8, 4) is 0 Å². The quantitative estimate of drug-likeness (QED) is 0.782. The number of hydrogen-bond donors (Lipinski definition) is 1. The molecular formula is C16H23BrFN. The minimum Gasteiger partial charge on any atom is -0.313 e. The molecule has 1 N–H and O–H groups in total. The van der Waals surface area contributed by atoms with Gasteiger partial charge in [-0.15, -0.1) is 0 Å². The largest absolute Gasteiger partial charge is 0.313 e. The van der Waals surface area contributed by atoms with Gasteiger partial charge in [-0.05, 0) is 59.4 Å². The van der Waals surface area contributed by atoms with E-state index in [9.17, 15) is 4.39 Å². The first-order chi connectivity index (χ1) is 9.20. The van der Waals surface area contributed by atoms with Crippen molar-refractivity contribution in [3.05, 3.63) is 34.1 Å². The molecule has 0 heterocycles. The third kappa shape index (κ3) is 4.28. The molecule has 0 saturated heterocycles. The molecule has 2 rings (SSSR count). The Balaban J connectivity index is 1.93. The fraction of sp³-hybridized carbons (Fsp3) is 0.625. The van der Waals surface area contributed by atoms with E-state index in [1.54, 1.807) is 6.07 Å². The van der Waals surface area contributed by atoms with Gasteiger partial charge in [0.15, 0.2) is 0 Å². The number of nitrogens with one attached hydrogen (secondary N) is 1. The van der Waals surface area contributed by atoms with E-state index in [1.807, 2.05) is 19.2 Å². The van der Waals surface area contributed by atoms with Crippen molar-refractivity contribution in [1.82, 2.24) is 5.32 Å². The number of hydrogen-bond acceptors (Lipinski definition) is 1. The van der Waals surface area contributed by atoms with Crippen LogP contribution in [0.5, 0.6) is 0 Å². The van der Waals surface area contributed by atoms with E-state index in [1.165, 1.54) is 44.1 Å². The molecule has 0 aliphatic heterocycles. The highest BCUT2D eigenvalue weighted by Gasteiger charge is 2.17. The predicted octanol–water partition coefficient (Wildman–Crippen LogP) is 5.21. The SMILES string of the molecule is CNC(CCC1CCCCC1)c1ccc(F)c(Br)c1. The van der Waals surface area contributed by atoms with Crippen LogP contribution in [-0.4, -0.2) is 7.05 Å². The maximum absolute atomic E-state index is 13.3. The monoisotopic (exact) mass is 327 g/mol. The van der Waals surface area contributed by atoms with Gasteiger partial charge >= 0.3 is 0 Å². The van der Waals surface area contributed by atoms with E-state index in [2.05, 4.69) is 21.2 Å². The van der Waals surface area contributed by atoms with Crippen LogP contribution in [0.25, 0.3) is 0 Å². The second-order valence-corrected chi connectivity index (χ2v) is 6.45. The minimum absolute atomic E-state index is 0.189. The molecular weight excluding hydrogens is 305 g/mol. The zero-order valence-corrected chi connectivity index (χ0v) is 13.2. The molecule has 3 heteroatoms. The zero-order chi connectivity index (χ0) is 13.7. The van der Waals surface area contributed by atoms with Gasteiger partial charge in [-0.1, -0.05) is 38.2 Å². The lowest BCUT2D eigenvalue weighted by Crippen LogP contribution is -2.18. The Bertz CT molecular complexity index is 402. The first kappa shape index (κ1) is 15.0. The fourth-order valence-electron chi connectivity index (χ4n) is 3.08. The third-order valence-corrected chi connectivity index (χ3v) is 4.89. The van der Waals surface area contributed by atoms with E-state index >= 15 is 0 Å². The summed E-state index contributed by atoms with van der Waals surface area (Å²) in [6.07, 6.45) is 9.41. The van der Waals surface area contributed by atoms with Gasteiger partial charge in [0.1, 0.15) is 5.82 Å². The van der Waals surface area contributed by atoms with Gasteiger partial charge < -0.3 is 5.32 Å². The smallest absolute Gasteiger partial charge is 0.137 e. The van der Waals surface area contributed by atoms with Crippen LogP contribution in [0.1, 0.15) is 56.6 Å². The molecule has 0 spiro atoms. The van der Waals surface area contributed by atoms with Crippen molar-refractivity contribution in [2.75, 3.05) is 7.05 Å². The van der Waals surface area contributed by atoms with E-state index in [0.29, 0.717) is 10.5 Å². The summed E-state index contributed by atoms with van der Waals surface area (Å²) in [4.78, 5) is 0. The highest BCUT2D eigenvalue weighted by molar-refractivity contribution is 9.10. The van der Waals surface area contributed by atoms with Crippen molar-refractivity contribution in [3.63, 3.8) is 0 Å². The summed E-state index contributed by atoms with van der Waals surface area (Å²) < 4.78 is 13.8. The lowest BCUT2D eigenvalue weighted by atomic mass is 9.84. The first-order valence-electron chi connectivity index (χ1n) is 7.33. The molecule has 1 aromatic rings. The van der Waals surface area contributed by atoms with Crippen molar-refractivity contribution >= 4 is 15.9 Å². The molecule has 1 aliphatic carbocycles. The van der Waals surface area contributed by atoms with E-state index in [-0.39, 0.29) is 5.82 Å². The molecule has 1 nitrogen and oxygen atoms in total. The Kier molecular flexibility index (Phi) is 5.83. The predicted molar refractivity (Wildman–Crippen MR) is 81.7 cm³/mol. The molecule has 1 fully saturated rings. The van der Waals surface area contributed by atoms with Gasteiger partial charge in [-0.25, -0.2) is 4.39 Å². The highest BCUT2D eigenvalue weighted by atomic mass is 79.9. The molecule has 1 aliphatic rings. The van der Waals surface area contributed by atoms with Crippen LogP contribution >= 0.6 is 15.9 Å². The summed E-state index contributed by atoms with van der Waals surface area (Å²) in [6.45, 7) is 0. The molecule has 1 unspecified atom stereocenters. The van der Waals surface area contributed by atoms with E-state index in [4.69, 9.17) is 0 Å². The number of rotatable bonds is 5. The lowest BCUT2D eigenvalue weighted by molar-refractivity contribution is 0.317. The van der Waals surface area contributed by atoms with Gasteiger partial charge in [0, 0.05) is 6.04 Å². The highest BCUT2D eigenvalue weighted by Crippen LogP contribution is 2.31. The summed E-state index contributed by atoms with van der Waals surface area (Å²) in [6, 6.07) is 5.67. The zero-order valence-electron chi connectivity index (χ0n) is 11.6. The second-order valence-electron chi connectivity index (χ2n) is 5.60. The van der Waals surface area contributed by atoms with Crippen molar-refractivity contribution < 1.29 is 4.39 Å². The Morgan fingerprint density at radius 2 is 2.05 bits per heavy atom. The van der Waals surface area contributed by atoms with Crippen molar-refractivity contribution in [2.24, 2.45) is 5.92 Å². The average molecular weight is 328 g/mol. The Morgan fingerprint density at radius 1 is 1.32 bits per heavy atom. The van der Waals surface area contributed by atoms with Crippen LogP contribution in [0, 0.1) is 11.7 Å². The molecule has 1 atom stereocenters. The Hall–Kier alpha value is -0.410. The maximum atomic E-state index is 13.3. The fourth-order valence-corrected chi connectivity index (χ4v) is 3.48. The van der Waals surface area contributed by atoms with Gasteiger partial charge in [0.25, 0.3) is 0 Å². The van der Waals surface area contributed by atoms with E-state index in [0.717, 1.165) is 12.3 Å². The van der Waals surface area contributed by atoms with Gasteiger partial charge in [-0.2, -0.15) is 0 Å². The normalized spacial score (nSPS) is 18.5. The van der Waals surface area contributed by atoms with Gasteiger partial charge in [0.05, 0.1) is 4.47 Å². The second kappa shape index (κ2) is 7.39. The van der Waals surface area contributed by atoms with Crippen molar-refractivity contribution in [2.45, 2.75) is 51.0 Å². The minimum atomic E-state index is -0.189. The van der Waals surface area contributed by atoms with Crippen LogP contribution in [0.3, 0.4) is 0 Å². The van der Waals surface area contributed by atoms with Crippen LogP contribution in [-0.2, 0) is 0 Å². The molecule has 19 heavy (non-hydrogen) atoms. The van der Waals surface area contributed by atoms with Crippen LogP contribution in [0.15, 0.2) is 22.7 Å². The van der Waals surface area contributed by atoms with Crippen LogP contribution < -0.4 is 5.32 Å². The van der Waals surface area contributed by atoms with Gasteiger partial charge in [0.2, 0.25) is 0 Å². The molecule has 0 aromatic heterocycles. The van der Waals surface area contributed by atoms with Crippen molar-refractivity contribution in [1.29, 1.82) is 0 Å². The number of benzene rings is 1. The summed E-state index contributed by atoms with van der Waals surface area (Å²) in [5.74, 6) is 0.708. The summed E-state index contributed by atoms with van der Waals surface area (Å²) in [5, 5.41) is 3.36. The van der Waals surface area contributed by atoms with Crippen LogP contribution in [0.2, 0.25) is 0 Å². The molecule has 0 radical (unpaired) electrons. The first-order valence-corrected chi connectivity index (χ1v) is 8.12.